The highest BCUT2D eigenvalue weighted by Crippen LogP contribution is 2.21. The first-order chi connectivity index (χ1) is 11.1. The maximum Gasteiger partial charge on any atom is 0.209 e. The van der Waals surface area contributed by atoms with Crippen molar-refractivity contribution in [2.75, 3.05) is 7.05 Å². The third kappa shape index (κ3) is 4.02. The average molecular weight is 314 g/mol. The van der Waals surface area contributed by atoms with Gasteiger partial charge in [-0.1, -0.05) is 12.1 Å². The van der Waals surface area contributed by atoms with Crippen LogP contribution >= 0.6 is 0 Å². The van der Waals surface area contributed by atoms with E-state index in [4.69, 9.17) is 4.42 Å². The van der Waals surface area contributed by atoms with Crippen LogP contribution < -0.4 is 0 Å². The molecule has 0 unspecified atom stereocenters. The molecule has 0 bridgehead atoms. The fraction of sp³-hybridized carbons (Fsp3) is 0.167. The van der Waals surface area contributed by atoms with E-state index in [2.05, 4.69) is 4.98 Å². The molecular formula is C18H16F2N2O. The number of halogens is 2. The third-order valence-electron chi connectivity index (χ3n) is 3.43. The van der Waals surface area contributed by atoms with Crippen molar-refractivity contribution < 1.29 is 13.2 Å². The van der Waals surface area contributed by atoms with Crippen molar-refractivity contribution in [2.45, 2.75) is 13.1 Å². The molecule has 1 aromatic heterocycles. The van der Waals surface area contributed by atoms with Crippen LogP contribution in [-0.4, -0.2) is 16.9 Å². The van der Waals surface area contributed by atoms with Crippen LogP contribution in [0.5, 0.6) is 0 Å². The Kier molecular flexibility index (Phi) is 4.48. The van der Waals surface area contributed by atoms with Crippen molar-refractivity contribution in [3.05, 3.63) is 77.8 Å². The van der Waals surface area contributed by atoms with Crippen LogP contribution in [0.3, 0.4) is 0 Å². The Hall–Kier alpha value is -2.53. The van der Waals surface area contributed by atoms with Crippen molar-refractivity contribution in [3.63, 3.8) is 0 Å². The first-order valence-electron chi connectivity index (χ1n) is 7.24. The number of aromatic nitrogens is 1. The van der Waals surface area contributed by atoms with Gasteiger partial charge in [0, 0.05) is 12.1 Å². The van der Waals surface area contributed by atoms with Gasteiger partial charge in [0.05, 0.1) is 12.7 Å². The van der Waals surface area contributed by atoms with Crippen molar-refractivity contribution in [3.8, 4) is 11.3 Å². The molecule has 0 radical (unpaired) electrons. The lowest BCUT2D eigenvalue weighted by atomic mass is 10.2. The number of rotatable bonds is 5. The molecule has 0 aliphatic heterocycles. The van der Waals surface area contributed by atoms with Crippen LogP contribution in [0.1, 0.15) is 11.5 Å². The lowest BCUT2D eigenvalue weighted by Gasteiger charge is -2.14. The van der Waals surface area contributed by atoms with Crippen molar-refractivity contribution in [2.24, 2.45) is 0 Å². The van der Waals surface area contributed by atoms with Crippen molar-refractivity contribution in [1.82, 2.24) is 9.88 Å². The lowest BCUT2D eigenvalue weighted by molar-refractivity contribution is 0.282. The third-order valence-corrected chi connectivity index (χ3v) is 3.43. The number of hydrogen-bond donors (Lipinski definition) is 0. The fourth-order valence-corrected chi connectivity index (χ4v) is 2.36. The maximum absolute atomic E-state index is 13.2. The van der Waals surface area contributed by atoms with E-state index in [1.165, 1.54) is 24.3 Å². The van der Waals surface area contributed by atoms with Gasteiger partial charge in [-0.05, 0) is 49.0 Å². The smallest absolute Gasteiger partial charge is 0.209 e. The summed E-state index contributed by atoms with van der Waals surface area (Å²) in [5.41, 5.74) is 1.66. The Morgan fingerprint density at radius 1 is 1.00 bits per heavy atom. The average Bonchev–Trinajstić information content (AvgIpc) is 2.96. The molecule has 0 aliphatic carbocycles. The minimum atomic E-state index is -0.289. The van der Waals surface area contributed by atoms with Crippen LogP contribution in [-0.2, 0) is 13.1 Å². The van der Waals surface area contributed by atoms with Crippen LogP contribution in [0.15, 0.2) is 59.1 Å². The van der Waals surface area contributed by atoms with E-state index in [9.17, 15) is 8.78 Å². The molecule has 0 fully saturated rings. The summed E-state index contributed by atoms with van der Waals surface area (Å²) < 4.78 is 31.8. The molecule has 0 N–H and O–H groups in total. The Labute approximate surface area is 133 Å². The summed E-state index contributed by atoms with van der Waals surface area (Å²) in [6.07, 6.45) is 1.62. The second-order valence-electron chi connectivity index (χ2n) is 5.43. The zero-order chi connectivity index (χ0) is 16.2. The summed E-state index contributed by atoms with van der Waals surface area (Å²) >= 11 is 0. The first kappa shape index (κ1) is 15.4. The summed E-state index contributed by atoms with van der Waals surface area (Å²) in [5, 5.41) is 0. The molecule has 118 valence electrons. The largest absolute Gasteiger partial charge is 0.439 e. The standard InChI is InChI=1S/C18H16F2N2O/c1-22(11-13-3-2-4-16(20)9-13)12-18-21-10-17(23-18)14-5-7-15(19)8-6-14/h2-10H,11-12H2,1H3. The number of oxazole rings is 1. The predicted molar refractivity (Wildman–Crippen MR) is 83.5 cm³/mol. The molecule has 3 rings (SSSR count). The SMILES string of the molecule is CN(Cc1cccc(F)c1)Cc1ncc(-c2ccc(F)cc2)o1. The second kappa shape index (κ2) is 6.71. The van der Waals surface area contributed by atoms with E-state index < -0.39 is 0 Å². The number of hydrogen-bond acceptors (Lipinski definition) is 3. The van der Waals surface area contributed by atoms with Gasteiger partial charge in [-0.15, -0.1) is 0 Å². The quantitative estimate of drug-likeness (QED) is 0.705. The molecule has 1 heterocycles. The molecule has 0 spiro atoms. The van der Waals surface area contributed by atoms with E-state index in [1.54, 1.807) is 24.4 Å². The minimum Gasteiger partial charge on any atom is -0.439 e. The predicted octanol–water partition coefficient (Wildman–Crippen LogP) is 4.25. The van der Waals surface area contributed by atoms with Crippen LogP contribution in [0.4, 0.5) is 8.78 Å². The summed E-state index contributed by atoms with van der Waals surface area (Å²) in [7, 11) is 1.91. The van der Waals surface area contributed by atoms with E-state index in [-0.39, 0.29) is 11.6 Å². The van der Waals surface area contributed by atoms with Gasteiger partial charge in [-0.2, -0.15) is 0 Å². The van der Waals surface area contributed by atoms with Gasteiger partial charge in [0.1, 0.15) is 11.6 Å². The maximum atomic E-state index is 13.2. The van der Waals surface area contributed by atoms with E-state index >= 15 is 0 Å². The van der Waals surface area contributed by atoms with Gasteiger partial charge < -0.3 is 4.42 Å². The highest BCUT2D eigenvalue weighted by Gasteiger charge is 2.10. The van der Waals surface area contributed by atoms with Crippen molar-refractivity contribution in [1.29, 1.82) is 0 Å². The molecule has 3 nitrogen and oxygen atoms in total. The Morgan fingerprint density at radius 2 is 1.78 bits per heavy atom. The van der Waals surface area contributed by atoms with Crippen LogP contribution in [0.2, 0.25) is 0 Å². The van der Waals surface area contributed by atoms with E-state index in [0.29, 0.717) is 24.7 Å². The summed E-state index contributed by atoms with van der Waals surface area (Å²) in [6, 6.07) is 12.6. The van der Waals surface area contributed by atoms with Gasteiger partial charge >= 0.3 is 0 Å². The van der Waals surface area contributed by atoms with E-state index in [0.717, 1.165) is 11.1 Å². The van der Waals surface area contributed by atoms with Crippen LogP contribution in [0, 0.1) is 11.6 Å². The monoisotopic (exact) mass is 314 g/mol. The molecule has 5 heteroatoms. The van der Waals surface area contributed by atoms with Gasteiger partial charge in [0.2, 0.25) is 5.89 Å². The Balaban J connectivity index is 1.65. The Bertz CT molecular complexity index is 784. The zero-order valence-electron chi connectivity index (χ0n) is 12.7. The Morgan fingerprint density at radius 3 is 2.52 bits per heavy atom. The molecule has 3 aromatic rings. The normalized spacial score (nSPS) is 11.1. The molecule has 0 saturated carbocycles. The highest BCUT2D eigenvalue weighted by molar-refractivity contribution is 5.55. The lowest BCUT2D eigenvalue weighted by Crippen LogP contribution is -2.17. The summed E-state index contributed by atoms with van der Waals surface area (Å²) in [6.45, 7) is 1.09. The molecule has 0 atom stereocenters. The van der Waals surface area contributed by atoms with E-state index in [1.807, 2.05) is 18.0 Å². The molecular weight excluding hydrogens is 298 g/mol. The number of nitrogens with zero attached hydrogens (tertiary/aromatic N) is 2. The summed E-state index contributed by atoms with van der Waals surface area (Å²) in [5.74, 6) is 0.622. The molecule has 0 amide bonds. The molecule has 0 saturated heterocycles. The fourth-order valence-electron chi connectivity index (χ4n) is 2.36. The van der Waals surface area contributed by atoms with Gasteiger partial charge in [-0.25, -0.2) is 13.8 Å². The molecule has 0 aliphatic rings. The zero-order valence-corrected chi connectivity index (χ0v) is 12.7. The molecule has 23 heavy (non-hydrogen) atoms. The minimum absolute atomic E-state index is 0.245. The van der Waals surface area contributed by atoms with Gasteiger partial charge in [-0.3, -0.25) is 4.90 Å². The van der Waals surface area contributed by atoms with Crippen LogP contribution in [0.25, 0.3) is 11.3 Å². The van der Waals surface area contributed by atoms with Gasteiger partial charge in [0.15, 0.2) is 5.76 Å². The van der Waals surface area contributed by atoms with Crippen molar-refractivity contribution >= 4 is 0 Å². The second-order valence-corrected chi connectivity index (χ2v) is 5.43. The van der Waals surface area contributed by atoms with Gasteiger partial charge in [0.25, 0.3) is 0 Å². The molecule has 2 aromatic carbocycles. The first-order valence-corrected chi connectivity index (χ1v) is 7.24. The summed E-state index contributed by atoms with van der Waals surface area (Å²) in [4.78, 5) is 6.22. The number of benzene rings is 2. The highest BCUT2D eigenvalue weighted by atomic mass is 19.1. The topological polar surface area (TPSA) is 29.3 Å².